The third-order valence-corrected chi connectivity index (χ3v) is 1.57. The van der Waals surface area contributed by atoms with Gasteiger partial charge in [-0.25, -0.2) is 10.4 Å². The van der Waals surface area contributed by atoms with Gasteiger partial charge in [-0.1, -0.05) is 9.61 Å². The molecule has 0 radical (unpaired) electrons. The van der Waals surface area contributed by atoms with Gasteiger partial charge in [0.15, 0.2) is 0 Å². The lowest BCUT2D eigenvalue weighted by Gasteiger charge is -1.81. The zero-order valence-corrected chi connectivity index (χ0v) is 7.76. The molecule has 0 unspecified atom stereocenters. The van der Waals surface area contributed by atoms with Gasteiger partial charge in [0, 0.05) is 0 Å². The number of fused-ring (bicyclic) bond motifs is 1. The Morgan fingerprint density at radius 2 is 1.88 bits per heavy atom. The molecule has 13 heteroatoms. The van der Waals surface area contributed by atoms with E-state index < -0.39 is 0 Å². The van der Waals surface area contributed by atoms with Crippen LogP contribution in [0.5, 0.6) is 0 Å². The van der Waals surface area contributed by atoms with E-state index >= 15 is 0 Å². The fourth-order valence-corrected chi connectivity index (χ4v) is 0.917. The summed E-state index contributed by atoms with van der Waals surface area (Å²) in [4.78, 5) is 0. The number of aromatic nitrogens is 10. The van der Waals surface area contributed by atoms with E-state index in [0.29, 0.717) is 5.78 Å². The van der Waals surface area contributed by atoms with Gasteiger partial charge in [0.25, 0.3) is 5.95 Å². The molecule has 0 saturated carbocycles. The second-order valence-electron chi connectivity index (χ2n) is 2.51. The molecule has 0 aliphatic heterocycles. The van der Waals surface area contributed by atoms with Crippen LogP contribution in [-0.2, 0) is 0 Å². The lowest BCUT2D eigenvalue weighted by molar-refractivity contribution is -0.599. The first kappa shape index (κ1) is 9.56. The van der Waals surface area contributed by atoms with Crippen LogP contribution in [0, 0.1) is 0 Å². The molecule has 7 N–H and O–H groups in total. The van der Waals surface area contributed by atoms with Crippen LogP contribution in [0.15, 0.2) is 0 Å². The monoisotopic (exact) mass is 225 g/mol. The van der Waals surface area contributed by atoms with Crippen LogP contribution in [0.3, 0.4) is 0 Å². The van der Waals surface area contributed by atoms with Crippen molar-refractivity contribution < 1.29 is 4.68 Å². The first-order valence-electron chi connectivity index (χ1n) is 3.85. The number of aromatic amines is 1. The van der Waals surface area contributed by atoms with Gasteiger partial charge in [-0.3, -0.25) is 0 Å². The van der Waals surface area contributed by atoms with Crippen molar-refractivity contribution in [3.63, 3.8) is 0 Å². The van der Waals surface area contributed by atoms with Crippen molar-refractivity contribution in [1.82, 2.24) is 45.9 Å². The van der Waals surface area contributed by atoms with Crippen LogP contribution >= 0.6 is 0 Å². The lowest BCUT2D eigenvalue weighted by atomic mass is 11.0. The minimum absolute atomic E-state index is 0.218. The predicted molar refractivity (Wildman–Crippen MR) is 47.4 cm³/mol. The Labute approximate surface area is 86.5 Å². The largest absolute Gasteiger partial charge is 0.401 e. The number of nitrogens with two attached hydrogens (primary N) is 3. The molecule has 84 valence electrons. The van der Waals surface area contributed by atoms with Crippen LogP contribution in [0.1, 0.15) is 0 Å². The van der Waals surface area contributed by atoms with Crippen LogP contribution in [0.25, 0.3) is 5.78 Å². The average molecular weight is 225 g/mol. The number of anilines is 2. The molecule has 0 bridgehead atoms. The van der Waals surface area contributed by atoms with Crippen LogP contribution < -0.4 is 27.2 Å². The van der Waals surface area contributed by atoms with Crippen molar-refractivity contribution in [3.8, 4) is 0 Å². The van der Waals surface area contributed by atoms with Gasteiger partial charge < -0.3 is 17.3 Å². The maximum absolute atomic E-state index is 5.43. The summed E-state index contributed by atoms with van der Waals surface area (Å²) in [6.45, 7) is 0. The standard InChI is InChI=1S/C3H6N8.N5/c4-1-7-8-3-10(6)2(5)9-11(1)3;1-2-4-5-3-1/h6H2,(H4,4,5,7,9);/q;-1/p+1. The molecule has 3 rings (SSSR count). The topological polar surface area (TPSA) is 194 Å². The summed E-state index contributed by atoms with van der Waals surface area (Å²) in [6.07, 6.45) is 0. The first-order chi connectivity index (χ1) is 7.70. The molecule has 0 fully saturated rings. The number of H-pyrrole nitrogens is 1. The second kappa shape index (κ2) is 3.64. The van der Waals surface area contributed by atoms with Crippen molar-refractivity contribution in [2.24, 2.45) is 0 Å². The van der Waals surface area contributed by atoms with Crippen LogP contribution in [0.4, 0.5) is 11.9 Å². The highest BCUT2D eigenvalue weighted by Gasteiger charge is 2.16. The molecule has 0 spiro atoms. The Bertz CT molecular complexity index is 538. The van der Waals surface area contributed by atoms with Gasteiger partial charge in [0.1, 0.15) is 0 Å². The fraction of sp³-hybridized carbons (Fsp3) is 0. The number of hydrogen-bond donors (Lipinski definition) is 4. The Hall–Kier alpha value is -2.99. The molecule has 0 aromatic carbocycles. The number of nitrogens with zero attached hydrogens (tertiary/aromatic N) is 9. The average Bonchev–Trinajstić information content (AvgIpc) is 2.95. The van der Waals surface area contributed by atoms with Crippen molar-refractivity contribution in [3.05, 3.63) is 0 Å². The van der Waals surface area contributed by atoms with Crippen molar-refractivity contribution in [2.45, 2.75) is 0 Å². The van der Waals surface area contributed by atoms with Crippen molar-refractivity contribution in [1.29, 1.82) is 0 Å². The van der Waals surface area contributed by atoms with Gasteiger partial charge in [-0.15, -0.1) is 4.68 Å². The summed E-state index contributed by atoms with van der Waals surface area (Å²) in [5.41, 5.74) is 10.8. The Morgan fingerprint density at radius 3 is 2.38 bits per heavy atom. The van der Waals surface area contributed by atoms with E-state index in [1.807, 2.05) is 0 Å². The van der Waals surface area contributed by atoms with Crippen LogP contribution in [-0.4, -0.2) is 40.7 Å². The molecule has 3 heterocycles. The molecule has 0 aliphatic rings. The van der Waals surface area contributed by atoms with E-state index in [9.17, 15) is 0 Å². The van der Waals surface area contributed by atoms with Gasteiger partial charge in [-0.05, 0) is 5.10 Å². The third kappa shape index (κ3) is 1.51. The predicted octanol–water partition coefficient (Wildman–Crippen LogP) is -4.55. The van der Waals surface area contributed by atoms with Gasteiger partial charge in [-0.2, -0.15) is 20.7 Å². The smallest absolute Gasteiger partial charge is 0.357 e. The molecule has 16 heavy (non-hydrogen) atoms. The summed E-state index contributed by atoms with van der Waals surface area (Å²) in [5.74, 6) is 6.29. The lowest BCUT2D eigenvalue weighted by Crippen LogP contribution is -2.46. The Balaban J connectivity index is 0.000000162. The fourth-order valence-electron chi connectivity index (χ4n) is 0.917. The molecule has 0 amide bonds. The molecular formula is C3H7N13. The van der Waals surface area contributed by atoms with E-state index in [1.54, 1.807) is 0 Å². The quantitative estimate of drug-likeness (QED) is 0.213. The van der Waals surface area contributed by atoms with Crippen LogP contribution in [0.2, 0.25) is 0 Å². The molecule has 0 atom stereocenters. The molecule has 3 aromatic rings. The Kier molecular flexibility index (Phi) is 2.17. The highest BCUT2D eigenvalue weighted by atomic mass is 15.6. The number of nitrogen functional groups attached to an aromatic ring is 3. The van der Waals surface area contributed by atoms with E-state index in [-0.39, 0.29) is 11.9 Å². The normalized spacial score (nSPS) is 10.0. The number of nitrogens with one attached hydrogen (secondary N) is 1. The summed E-state index contributed by atoms with van der Waals surface area (Å²) < 4.78 is 2.54. The van der Waals surface area contributed by atoms with E-state index in [4.69, 9.17) is 17.3 Å². The maximum Gasteiger partial charge on any atom is 0.401 e. The zero-order valence-electron chi connectivity index (χ0n) is 7.76. The first-order valence-corrected chi connectivity index (χ1v) is 3.85. The number of rotatable bonds is 0. The molecular weight excluding hydrogens is 218 g/mol. The van der Waals surface area contributed by atoms with Crippen molar-refractivity contribution >= 4 is 17.7 Å². The minimum atomic E-state index is 0.218. The SMILES string of the molecule is Nc1nnc2n1[nH]c(N)[n+]2N.n1nn[n-]n1. The summed E-state index contributed by atoms with van der Waals surface area (Å²) in [5, 5.41) is 24.9. The molecule has 3 aromatic heterocycles. The summed E-state index contributed by atoms with van der Waals surface area (Å²) in [6, 6.07) is 0. The highest BCUT2D eigenvalue weighted by Crippen LogP contribution is 1.98. The molecule has 0 saturated heterocycles. The van der Waals surface area contributed by atoms with Gasteiger partial charge in [0.05, 0.1) is 0 Å². The second-order valence-corrected chi connectivity index (χ2v) is 2.51. The van der Waals surface area contributed by atoms with Gasteiger partial charge in [0.2, 0.25) is 0 Å². The molecule has 0 aliphatic carbocycles. The maximum atomic E-state index is 5.43. The highest BCUT2D eigenvalue weighted by molar-refractivity contribution is 5.31. The van der Waals surface area contributed by atoms with E-state index in [2.05, 4.69) is 41.4 Å². The van der Waals surface area contributed by atoms with E-state index in [1.165, 1.54) is 4.52 Å². The number of hydrogen-bond acceptors (Lipinski definition) is 9. The minimum Gasteiger partial charge on any atom is -0.357 e. The van der Waals surface area contributed by atoms with Crippen molar-refractivity contribution in [2.75, 3.05) is 17.3 Å². The third-order valence-electron chi connectivity index (χ3n) is 1.57. The Morgan fingerprint density at radius 1 is 1.19 bits per heavy atom. The summed E-state index contributed by atoms with van der Waals surface area (Å²) >= 11 is 0. The van der Waals surface area contributed by atoms with E-state index in [0.717, 1.165) is 4.68 Å². The summed E-state index contributed by atoms with van der Waals surface area (Å²) in [7, 11) is 0. The van der Waals surface area contributed by atoms with Gasteiger partial charge >= 0.3 is 11.7 Å². The zero-order chi connectivity index (χ0) is 11.5. The molecule has 13 nitrogen and oxygen atoms in total.